The summed E-state index contributed by atoms with van der Waals surface area (Å²) in [5.41, 5.74) is 0. The third-order valence-electron chi connectivity index (χ3n) is 4.51. The van der Waals surface area contributed by atoms with Crippen LogP contribution in [0.4, 0.5) is 0 Å². The number of hydrogen-bond acceptors (Lipinski definition) is 2. The van der Waals surface area contributed by atoms with Crippen molar-refractivity contribution < 1.29 is 9.53 Å². The van der Waals surface area contributed by atoms with Crippen molar-refractivity contribution in [1.82, 2.24) is 0 Å². The van der Waals surface area contributed by atoms with Gasteiger partial charge >= 0.3 is 0 Å². The molecular formula is C18H38O2Si. The molecule has 1 unspecified atom stereocenters. The summed E-state index contributed by atoms with van der Waals surface area (Å²) in [7, 11) is -1.74. The maximum atomic E-state index is 9.25. The summed E-state index contributed by atoms with van der Waals surface area (Å²) in [5.74, 6) is 0. The number of hydrogen-bond donors (Lipinski definition) is 1. The fraction of sp³-hybridized carbons (Fsp3) is 0.889. The molecule has 126 valence electrons. The highest BCUT2D eigenvalue weighted by atomic mass is 28.4. The van der Waals surface area contributed by atoms with Crippen LogP contribution < -0.4 is 0 Å². The van der Waals surface area contributed by atoms with Crippen LogP contribution in [0.2, 0.25) is 18.1 Å². The molecule has 21 heavy (non-hydrogen) atoms. The number of unbranched alkanes of at least 4 members (excludes halogenated alkanes) is 4. The Hall–Kier alpha value is -0.123. The first-order chi connectivity index (χ1) is 9.74. The molecule has 0 spiro atoms. The Kier molecular flexibility index (Phi) is 10.5. The van der Waals surface area contributed by atoms with Crippen molar-refractivity contribution >= 4 is 8.32 Å². The van der Waals surface area contributed by atoms with Crippen LogP contribution in [-0.4, -0.2) is 26.1 Å². The lowest BCUT2D eigenvalue weighted by Crippen LogP contribution is -2.44. The van der Waals surface area contributed by atoms with E-state index in [9.17, 15) is 5.11 Å². The van der Waals surface area contributed by atoms with E-state index >= 15 is 0 Å². The van der Waals surface area contributed by atoms with Crippen molar-refractivity contribution in [3.05, 3.63) is 12.2 Å². The first-order valence-electron chi connectivity index (χ1n) is 8.68. The van der Waals surface area contributed by atoms with Crippen molar-refractivity contribution in [1.29, 1.82) is 0 Å². The molecular weight excluding hydrogens is 276 g/mol. The molecule has 1 N–H and O–H groups in total. The number of aliphatic hydroxyl groups excluding tert-OH is 1. The van der Waals surface area contributed by atoms with E-state index in [1.54, 1.807) is 0 Å². The molecule has 1 atom stereocenters. The molecule has 0 amide bonds. The summed E-state index contributed by atoms with van der Waals surface area (Å²) in [5, 5.41) is 9.47. The number of allylic oxidation sites excluding steroid dienone is 1. The van der Waals surface area contributed by atoms with Crippen LogP contribution in [0.15, 0.2) is 12.2 Å². The maximum absolute atomic E-state index is 9.25. The standard InChI is InChI=1S/C18H38O2Si/c1-7-8-9-10-11-12-13-14-17(15-16-19)20-21(5,6)18(2,3)4/h12-13,17,19H,7-11,14-16H2,1-6H3/b13-12-. The summed E-state index contributed by atoms with van der Waals surface area (Å²) in [6, 6.07) is 0. The van der Waals surface area contributed by atoms with Crippen LogP contribution in [0.3, 0.4) is 0 Å². The summed E-state index contributed by atoms with van der Waals surface area (Å²) in [6.07, 6.45) is 12.8. The normalized spacial score (nSPS) is 14.8. The van der Waals surface area contributed by atoms with E-state index in [0.29, 0.717) is 0 Å². The largest absolute Gasteiger partial charge is 0.414 e. The Morgan fingerprint density at radius 3 is 2.29 bits per heavy atom. The van der Waals surface area contributed by atoms with Gasteiger partial charge < -0.3 is 9.53 Å². The predicted molar refractivity (Wildman–Crippen MR) is 96.3 cm³/mol. The lowest BCUT2D eigenvalue weighted by molar-refractivity contribution is 0.141. The summed E-state index contributed by atoms with van der Waals surface area (Å²) < 4.78 is 6.42. The monoisotopic (exact) mass is 314 g/mol. The Bertz CT molecular complexity index is 279. The van der Waals surface area contributed by atoms with Crippen LogP contribution in [0.1, 0.15) is 72.6 Å². The molecule has 0 aromatic heterocycles. The van der Waals surface area contributed by atoms with Crippen LogP contribution in [0.25, 0.3) is 0 Å². The highest BCUT2D eigenvalue weighted by Crippen LogP contribution is 2.38. The molecule has 0 radical (unpaired) electrons. The summed E-state index contributed by atoms with van der Waals surface area (Å²) in [4.78, 5) is 0. The van der Waals surface area contributed by atoms with Crippen LogP contribution >= 0.6 is 0 Å². The zero-order chi connectivity index (χ0) is 16.4. The molecule has 2 nitrogen and oxygen atoms in total. The first kappa shape index (κ1) is 20.9. The Morgan fingerprint density at radius 2 is 1.76 bits per heavy atom. The smallest absolute Gasteiger partial charge is 0.192 e. The van der Waals surface area contributed by atoms with Gasteiger partial charge in [-0.05, 0) is 43.8 Å². The second-order valence-corrected chi connectivity index (χ2v) is 12.3. The summed E-state index contributed by atoms with van der Waals surface area (Å²) in [6.45, 7) is 13.8. The number of rotatable bonds is 11. The molecule has 0 rings (SSSR count). The van der Waals surface area contributed by atoms with Crippen LogP contribution in [0.5, 0.6) is 0 Å². The molecule has 0 fully saturated rings. The summed E-state index contributed by atoms with van der Waals surface area (Å²) >= 11 is 0. The van der Waals surface area contributed by atoms with Crippen LogP contribution in [-0.2, 0) is 4.43 Å². The van der Waals surface area contributed by atoms with Gasteiger partial charge in [-0.25, -0.2) is 0 Å². The van der Waals surface area contributed by atoms with Crippen molar-refractivity contribution in [2.75, 3.05) is 6.61 Å². The van der Waals surface area contributed by atoms with E-state index in [1.165, 1.54) is 32.1 Å². The minimum absolute atomic E-state index is 0.169. The molecule has 0 aliphatic rings. The highest BCUT2D eigenvalue weighted by Gasteiger charge is 2.38. The molecule has 0 aliphatic heterocycles. The molecule has 0 heterocycles. The van der Waals surface area contributed by atoms with Gasteiger partial charge in [0, 0.05) is 6.61 Å². The van der Waals surface area contributed by atoms with Gasteiger partial charge in [0.1, 0.15) is 0 Å². The minimum atomic E-state index is -1.74. The van der Waals surface area contributed by atoms with Crippen LogP contribution in [0, 0.1) is 0 Å². The van der Waals surface area contributed by atoms with Gasteiger partial charge in [0.15, 0.2) is 8.32 Å². The van der Waals surface area contributed by atoms with Crippen molar-refractivity contribution in [2.24, 2.45) is 0 Å². The average molecular weight is 315 g/mol. The predicted octanol–water partition coefficient (Wildman–Crippen LogP) is 5.68. The molecule has 0 saturated carbocycles. The fourth-order valence-corrected chi connectivity index (χ4v) is 3.42. The number of aliphatic hydroxyl groups is 1. The Balaban J connectivity index is 4.22. The van der Waals surface area contributed by atoms with Gasteiger partial charge in [0.2, 0.25) is 0 Å². The van der Waals surface area contributed by atoms with E-state index in [4.69, 9.17) is 4.43 Å². The zero-order valence-electron chi connectivity index (χ0n) is 15.2. The van der Waals surface area contributed by atoms with Gasteiger partial charge in [-0.15, -0.1) is 0 Å². The SMILES string of the molecule is CCCCCC/C=C\CC(CCO)O[Si](C)(C)C(C)(C)C. The molecule has 0 aromatic rings. The van der Waals surface area contributed by atoms with Crippen molar-refractivity contribution in [2.45, 2.75) is 96.9 Å². The van der Waals surface area contributed by atoms with E-state index in [0.717, 1.165) is 12.8 Å². The van der Waals surface area contributed by atoms with Crippen molar-refractivity contribution in [3.63, 3.8) is 0 Å². The van der Waals surface area contributed by atoms with Gasteiger partial charge in [-0.3, -0.25) is 0 Å². The molecule has 3 heteroatoms. The van der Waals surface area contributed by atoms with Gasteiger partial charge in [-0.2, -0.15) is 0 Å². The van der Waals surface area contributed by atoms with E-state index in [1.807, 2.05) is 0 Å². The average Bonchev–Trinajstić information content (AvgIpc) is 2.36. The Morgan fingerprint density at radius 1 is 1.10 bits per heavy atom. The molecule has 0 aliphatic carbocycles. The highest BCUT2D eigenvalue weighted by molar-refractivity contribution is 6.74. The third kappa shape index (κ3) is 9.49. The van der Waals surface area contributed by atoms with E-state index in [2.05, 4.69) is 52.9 Å². The lowest BCUT2D eigenvalue weighted by Gasteiger charge is -2.39. The second kappa shape index (κ2) is 10.6. The van der Waals surface area contributed by atoms with E-state index < -0.39 is 8.32 Å². The van der Waals surface area contributed by atoms with E-state index in [-0.39, 0.29) is 17.7 Å². The minimum Gasteiger partial charge on any atom is -0.414 e. The van der Waals surface area contributed by atoms with Crippen molar-refractivity contribution in [3.8, 4) is 0 Å². The first-order valence-corrected chi connectivity index (χ1v) is 11.6. The molecule has 0 bridgehead atoms. The fourth-order valence-electron chi connectivity index (χ4n) is 2.02. The topological polar surface area (TPSA) is 29.5 Å². The zero-order valence-corrected chi connectivity index (χ0v) is 16.2. The maximum Gasteiger partial charge on any atom is 0.192 e. The third-order valence-corrected chi connectivity index (χ3v) is 9.04. The quantitative estimate of drug-likeness (QED) is 0.302. The Labute approximate surface area is 134 Å². The second-order valence-electron chi connectivity index (χ2n) is 7.57. The molecule has 0 saturated heterocycles. The lowest BCUT2D eigenvalue weighted by atomic mass is 10.1. The van der Waals surface area contributed by atoms with Gasteiger partial charge in [0.25, 0.3) is 0 Å². The van der Waals surface area contributed by atoms with Gasteiger partial charge in [0.05, 0.1) is 6.10 Å². The molecule has 0 aromatic carbocycles. The van der Waals surface area contributed by atoms with Gasteiger partial charge in [-0.1, -0.05) is 59.1 Å².